The average Bonchev–Trinajstić information content (AvgIpc) is 3.27. The molecule has 0 fully saturated rings. The maximum Gasteiger partial charge on any atom is 0.335 e. The fourth-order valence-corrected chi connectivity index (χ4v) is 5.12. The predicted octanol–water partition coefficient (Wildman–Crippen LogP) is 4.88. The number of H-pyrrole nitrogens is 1. The molecular weight excluding hydrogens is 388 g/mol. The van der Waals surface area contributed by atoms with Crippen molar-refractivity contribution in [2.75, 3.05) is 0 Å². The third-order valence-electron chi connectivity index (χ3n) is 5.33. The van der Waals surface area contributed by atoms with Gasteiger partial charge in [-0.3, -0.25) is 4.79 Å². The van der Waals surface area contributed by atoms with E-state index in [1.54, 1.807) is 35.6 Å². The minimum Gasteiger partial charge on any atom is -0.478 e. The molecule has 3 heterocycles. The van der Waals surface area contributed by atoms with Gasteiger partial charge in [0.05, 0.1) is 10.9 Å². The number of benzene rings is 1. The van der Waals surface area contributed by atoms with E-state index in [4.69, 9.17) is 9.52 Å². The molecule has 0 unspecified atom stereocenters. The summed E-state index contributed by atoms with van der Waals surface area (Å²) in [7, 11) is 0. The van der Waals surface area contributed by atoms with Gasteiger partial charge in [0.25, 0.3) is 5.56 Å². The van der Waals surface area contributed by atoms with E-state index >= 15 is 0 Å². The fourth-order valence-electron chi connectivity index (χ4n) is 3.85. The lowest BCUT2D eigenvalue weighted by atomic mass is 10.1. The second-order valence-corrected chi connectivity index (χ2v) is 8.29. The molecule has 0 atom stereocenters. The van der Waals surface area contributed by atoms with Gasteiger partial charge in [-0.05, 0) is 55.5 Å². The Hall–Kier alpha value is -3.19. The zero-order valence-electron chi connectivity index (χ0n) is 15.5. The molecule has 3 aromatic heterocycles. The summed E-state index contributed by atoms with van der Waals surface area (Å²) in [6.07, 6.45) is 5.43. The molecule has 0 saturated heterocycles. The van der Waals surface area contributed by atoms with Crippen LogP contribution < -0.4 is 5.56 Å². The quantitative estimate of drug-likeness (QED) is 0.473. The van der Waals surface area contributed by atoms with Gasteiger partial charge in [0.15, 0.2) is 11.6 Å². The highest BCUT2D eigenvalue weighted by Gasteiger charge is 2.20. The number of thiophene rings is 1. The standard InChI is InChI=1S/C22H18N2O4S/c25-20-18-14-4-2-1-3-5-17(14)29-21(18)24-19(23-20)16-11-10-15(28-16)12-6-8-13(9-7-12)22(26)27/h6-11H,1-5H2,(H,26,27)(H,23,24,25). The van der Waals surface area contributed by atoms with Crippen LogP contribution in [0.25, 0.3) is 33.1 Å². The number of aromatic amines is 1. The van der Waals surface area contributed by atoms with Crippen molar-refractivity contribution in [2.45, 2.75) is 32.1 Å². The minimum absolute atomic E-state index is 0.117. The Morgan fingerprint density at radius 2 is 1.79 bits per heavy atom. The molecule has 7 heteroatoms. The van der Waals surface area contributed by atoms with Crippen molar-refractivity contribution in [2.24, 2.45) is 0 Å². The second kappa shape index (κ2) is 7.00. The number of hydrogen-bond acceptors (Lipinski definition) is 5. The summed E-state index contributed by atoms with van der Waals surface area (Å²) in [4.78, 5) is 33.4. The number of carbonyl (C=O) groups is 1. The van der Waals surface area contributed by atoms with Crippen LogP contribution in [0.3, 0.4) is 0 Å². The van der Waals surface area contributed by atoms with Crippen LogP contribution in [0, 0.1) is 0 Å². The number of nitrogens with zero attached hydrogens (tertiary/aromatic N) is 1. The van der Waals surface area contributed by atoms with Crippen molar-refractivity contribution in [1.82, 2.24) is 9.97 Å². The molecule has 29 heavy (non-hydrogen) atoms. The first-order valence-electron chi connectivity index (χ1n) is 9.58. The molecule has 4 aromatic rings. The van der Waals surface area contributed by atoms with Gasteiger partial charge in [-0.25, -0.2) is 9.78 Å². The Morgan fingerprint density at radius 3 is 2.59 bits per heavy atom. The van der Waals surface area contributed by atoms with Crippen LogP contribution >= 0.6 is 11.3 Å². The number of aromatic carboxylic acids is 1. The van der Waals surface area contributed by atoms with Gasteiger partial charge in [0.2, 0.25) is 0 Å². The number of nitrogens with one attached hydrogen (secondary N) is 1. The molecule has 0 saturated carbocycles. The van der Waals surface area contributed by atoms with Gasteiger partial charge >= 0.3 is 5.97 Å². The monoisotopic (exact) mass is 406 g/mol. The number of furan rings is 1. The Morgan fingerprint density at radius 1 is 1.03 bits per heavy atom. The van der Waals surface area contributed by atoms with E-state index in [1.165, 1.54) is 29.0 Å². The number of carboxylic acids is 1. The second-order valence-electron chi connectivity index (χ2n) is 7.21. The summed E-state index contributed by atoms with van der Waals surface area (Å²) in [6.45, 7) is 0. The first kappa shape index (κ1) is 17.9. The molecule has 5 rings (SSSR count). The molecule has 6 nitrogen and oxygen atoms in total. The van der Waals surface area contributed by atoms with Gasteiger partial charge in [-0.2, -0.15) is 0 Å². The van der Waals surface area contributed by atoms with Crippen molar-refractivity contribution >= 4 is 27.5 Å². The lowest BCUT2D eigenvalue weighted by Gasteiger charge is -2.01. The van der Waals surface area contributed by atoms with Crippen molar-refractivity contribution in [3.05, 3.63) is 62.8 Å². The SMILES string of the molecule is O=C(O)c1ccc(-c2ccc(-c3nc4sc5c(c4c(=O)[nH]3)CCCCC5)o2)cc1. The highest BCUT2D eigenvalue weighted by Crippen LogP contribution is 2.34. The van der Waals surface area contributed by atoms with Crippen LogP contribution in [0.2, 0.25) is 0 Å². The molecule has 0 spiro atoms. The highest BCUT2D eigenvalue weighted by atomic mass is 32.1. The molecular formula is C22H18N2O4S. The molecule has 0 aliphatic heterocycles. The Bertz CT molecular complexity index is 1280. The normalized spacial score (nSPS) is 13.9. The van der Waals surface area contributed by atoms with Gasteiger partial charge in [0.1, 0.15) is 10.6 Å². The molecule has 2 N–H and O–H groups in total. The van der Waals surface area contributed by atoms with Crippen LogP contribution in [0.4, 0.5) is 0 Å². The molecule has 0 amide bonds. The molecule has 0 radical (unpaired) electrons. The lowest BCUT2D eigenvalue weighted by molar-refractivity contribution is 0.0697. The Balaban J connectivity index is 1.53. The third kappa shape index (κ3) is 3.17. The van der Waals surface area contributed by atoms with E-state index < -0.39 is 5.97 Å². The van der Waals surface area contributed by atoms with Crippen LogP contribution in [0.5, 0.6) is 0 Å². The largest absolute Gasteiger partial charge is 0.478 e. The Labute approximate surface area is 169 Å². The van der Waals surface area contributed by atoms with E-state index in [9.17, 15) is 9.59 Å². The molecule has 1 aliphatic carbocycles. The fraction of sp³-hybridized carbons (Fsp3) is 0.227. The van der Waals surface area contributed by atoms with Crippen LogP contribution in [-0.4, -0.2) is 21.0 Å². The van der Waals surface area contributed by atoms with Crippen molar-refractivity contribution in [3.63, 3.8) is 0 Å². The van der Waals surface area contributed by atoms with Crippen LogP contribution in [0.15, 0.2) is 45.6 Å². The maximum atomic E-state index is 12.8. The van der Waals surface area contributed by atoms with E-state index in [-0.39, 0.29) is 11.1 Å². The number of aromatic nitrogens is 2. The minimum atomic E-state index is -0.971. The zero-order valence-corrected chi connectivity index (χ0v) is 16.3. The van der Waals surface area contributed by atoms with Gasteiger partial charge in [-0.15, -0.1) is 11.3 Å². The van der Waals surface area contributed by atoms with Crippen molar-refractivity contribution < 1.29 is 14.3 Å². The first-order chi connectivity index (χ1) is 14.1. The summed E-state index contributed by atoms with van der Waals surface area (Å²) in [6, 6.07) is 10.0. The lowest BCUT2D eigenvalue weighted by Crippen LogP contribution is -2.09. The maximum absolute atomic E-state index is 12.8. The van der Waals surface area contributed by atoms with Gasteiger partial charge < -0.3 is 14.5 Å². The van der Waals surface area contributed by atoms with Gasteiger partial charge in [-0.1, -0.05) is 18.6 Å². The first-order valence-corrected chi connectivity index (χ1v) is 10.4. The summed E-state index contributed by atoms with van der Waals surface area (Å²) in [5.74, 6) is 0.500. The number of fused-ring (bicyclic) bond motifs is 3. The van der Waals surface area contributed by atoms with Crippen LogP contribution in [0.1, 0.15) is 40.1 Å². The third-order valence-corrected chi connectivity index (χ3v) is 6.52. The Kier molecular flexibility index (Phi) is 4.32. The number of hydrogen-bond donors (Lipinski definition) is 2. The predicted molar refractivity (Wildman–Crippen MR) is 112 cm³/mol. The summed E-state index contributed by atoms with van der Waals surface area (Å²) in [5.41, 5.74) is 2.02. The summed E-state index contributed by atoms with van der Waals surface area (Å²) in [5, 5.41) is 9.75. The number of rotatable bonds is 3. The van der Waals surface area contributed by atoms with Crippen molar-refractivity contribution in [1.29, 1.82) is 0 Å². The van der Waals surface area contributed by atoms with Gasteiger partial charge in [0, 0.05) is 10.4 Å². The molecule has 146 valence electrons. The molecule has 1 aliphatic rings. The molecule has 1 aromatic carbocycles. The summed E-state index contributed by atoms with van der Waals surface area (Å²) >= 11 is 1.62. The zero-order chi connectivity index (χ0) is 20.0. The summed E-state index contributed by atoms with van der Waals surface area (Å²) < 4.78 is 5.91. The number of carboxylic acid groups (broad SMARTS) is 1. The van der Waals surface area contributed by atoms with E-state index in [1.807, 2.05) is 0 Å². The van der Waals surface area contributed by atoms with Crippen LogP contribution in [-0.2, 0) is 12.8 Å². The van der Waals surface area contributed by atoms with E-state index in [0.717, 1.165) is 41.5 Å². The van der Waals surface area contributed by atoms with E-state index in [2.05, 4.69) is 9.97 Å². The van der Waals surface area contributed by atoms with Crippen molar-refractivity contribution in [3.8, 4) is 22.9 Å². The number of aryl methyl sites for hydroxylation is 2. The van der Waals surface area contributed by atoms with E-state index in [0.29, 0.717) is 17.3 Å². The average molecular weight is 406 g/mol. The topological polar surface area (TPSA) is 96.2 Å². The smallest absolute Gasteiger partial charge is 0.335 e. The molecule has 0 bridgehead atoms. The highest BCUT2D eigenvalue weighted by molar-refractivity contribution is 7.18.